The van der Waals surface area contributed by atoms with E-state index in [1.54, 1.807) is 17.4 Å². The van der Waals surface area contributed by atoms with Crippen molar-refractivity contribution in [3.05, 3.63) is 58.5 Å². The molecule has 6 heteroatoms. The molecule has 0 saturated carbocycles. The Kier molecular flexibility index (Phi) is 5.74. The molecular weight excluding hydrogens is 424 g/mol. The molecule has 0 fully saturated rings. The summed E-state index contributed by atoms with van der Waals surface area (Å²) in [5.41, 5.74) is 3.90. The van der Waals surface area contributed by atoms with E-state index in [2.05, 4.69) is 56.0 Å². The molecule has 1 aliphatic heterocycles. The summed E-state index contributed by atoms with van der Waals surface area (Å²) in [6, 6.07) is 16.7. The number of anilines is 1. The number of rotatable bonds is 5. The average molecular weight is 449 g/mol. The van der Waals surface area contributed by atoms with Crippen LogP contribution >= 0.6 is 22.7 Å². The fraction of sp³-hybridized carbons (Fsp3) is 0.280. The maximum Gasteiger partial charge on any atom is 0.346 e. The van der Waals surface area contributed by atoms with Crippen LogP contribution in [0.3, 0.4) is 0 Å². The molecule has 1 N–H and O–H groups in total. The predicted molar refractivity (Wildman–Crippen MR) is 130 cm³/mol. The molecule has 4 rings (SSSR count). The second-order valence-corrected chi connectivity index (χ2v) is 10.5. The third-order valence-corrected chi connectivity index (χ3v) is 8.21. The molecule has 158 valence electrons. The van der Waals surface area contributed by atoms with Crippen LogP contribution in [0.25, 0.3) is 26.3 Å². The van der Waals surface area contributed by atoms with Gasteiger partial charge in [0.2, 0.25) is 0 Å². The summed E-state index contributed by atoms with van der Waals surface area (Å²) < 4.78 is 0. The van der Waals surface area contributed by atoms with Crippen LogP contribution in [-0.4, -0.2) is 24.2 Å². The largest absolute Gasteiger partial charge is 0.477 e. The van der Waals surface area contributed by atoms with Crippen LogP contribution in [0.1, 0.15) is 37.6 Å². The number of carbonyl (C=O) groups is 1. The molecule has 0 spiro atoms. The van der Waals surface area contributed by atoms with Crippen molar-refractivity contribution in [3.63, 3.8) is 0 Å². The fourth-order valence-electron chi connectivity index (χ4n) is 3.98. The van der Waals surface area contributed by atoms with Crippen molar-refractivity contribution >= 4 is 40.4 Å². The number of nitrogens with zero attached hydrogens (tertiary/aromatic N) is 2. The monoisotopic (exact) mass is 448 g/mol. The van der Waals surface area contributed by atoms with Gasteiger partial charge in [0.1, 0.15) is 11.6 Å². The predicted octanol–water partition coefficient (Wildman–Crippen LogP) is 6.64. The van der Waals surface area contributed by atoms with E-state index < -0.39 is 5.97 Å². The lowest BCUT2D eigenvalue weighted by Gasteiger charge is -2.40. The molecule has 0 radical (unpaired) electrons. The Labute approximate surface area is 190 Å². The highest BCUT2D eigenvalue weighted by molar-refractivity contribution is 7.24. The van der Waals surface area contributed by atoms with Crippen LogP contribution in [0.4, 0.5) is 5.69 Å². The molecule has 4 nitrogen and oxygen atoms in total. The van der Waals surface area contributed by atoms with Crippen molar-refractivity contribution in [2.75, 3.05) is 18.0 Å². The normalized spacial score (nSPS) is 15.4. The van der Waals surface area contributed by atoms with Gasteiger partial charge in [-0.25, -0.2) is 4.79 Å². The number of fused-ring (bicyclic) bond motifs is 1. The van der Waals surface area contributed by atoms with Gasteiger partial charge in [0, 0.05) is 38.3 Å². The summed E-state index contributed by atoms with van der Waals surface area (Å²) >= 11 is 3.23. The molecule has 1 aliphatic rings. The van der Waals surface area contributed by atoms with Crippen molar-refractivity contribution < 1.29 is 9.90 Å². The average Bonchev–Trinajstić information content (AvgIpc) is 3.41. The Balaban J connectivity index is 1.65. The zero-order valence-electron chi connectivity index (χ0n) is 17.8. The molecule has 0 unspecified atom stereocenters. The number of carboxylic acid groups (broad SMARTS) is 1. The molecular formula is C25H24N2O2S2. The Bertz CT molecular complexity index is 1210. The Morgan fingerprint density at radius 1 is 1.16 bits per heavy atom. The number of hydrogen-bond acceptors (Lipinski definition) is 5. The molecule has 0 amide bonds. The van der Waals surface area contributed by atoms with Gasteiger partial charge >= 0.3 is 5.97 Å². The molecule has 0 aliphatic carbocycles. The van der Waals surface area contributed by atoms with E-state index in [-0.39, 0.29) is 11.0 Å². The van der Waals surface area contributed by atoms with Gasteiger partial charge in [-0.15, -0.1) is 22.7 Å². The molecule has 3 heterocycles. The van der Waals surface area contributed by atoms with Crippen LogP contribution < -0.4 is 4.90 Å². The number of hydrogen-bond donors (Lipinski definition) is 1. The van der Waals surface area contributed by atoms with Crippen molar-refractivity contribution in [2.45, 2.75) is 32.6 Å². The van der Waals surface area contributed by atoms with Crippen molar-refractivity contribution in [1.29, 1.82) is 5.26 Å². The van der Waals surface area contributed by atoms with Crippen molar-refractivity contribution in [1.82, 2.24) is 0 Å². The van der Waals surface area contributed by atoms with E-state index in [4.69, 9.17) is 10.4 Å². The van der Waals surface area contributed by atoms with Gasteiger partial charge in [-0.1, -0.05) is 19.9 Å². The van der Waals surface area contributed by atoms with Crippen LogP contribution in [0.5, 0.6) is 0 Å². The van der Waals surface area contributed by atoms with E-state index in [0.717, 1.165) is 34.1 Å². The second-order valence-electron chi connectivity index (χ2n) is 8.29. The zero-order chi connectivity index (χ0) is 22.2. The van der Waals surface area contributed by atoms with E-state index in [0.29, 0.717) is 0 Å². The maximum atomic E-state index is 11.1. The molecule has 31 heavy (non-hydrogen) atoms. The number of carboxylic acids is 1. The van der Waals surface area contributed by atoms with Crippen LogP contribution in [0, 0.1) is 11.3 Å². The Morgan fingerprint density at radius 2 is 1.87 bits per heavy atom. The first-order chi connectivity index (χ1) is 14.8. The highest BCUT2D eigenvalue weighted by Gasteiger charge is 2.30. The van der Waals surface area contributed by atoms with Crippen LogP contribution in [-0.2, 0) is 10.2 Å². The minimum absolute atomic E-state index is 0.161. The van der Waals surface area contributed by atoms with Gasteiger partial charge < -0.3 is 10.0 Å². The molecule has 0 atom stereocenters. The van der Waals surface area contributed by atoms with Gasteiger partial charge in [-0.2, -0.15) is 5.26 Å². The lowest BCUT2D eigenvalue weighted by atomic mass is 9.77. The highest BCUT2D eigenvalue weighted by atomic mass is 32.1. The lowest BCUT2D eigenvalue weighted by molar-refractivity contribution is -0.132. The van der Waals surface area contributed by atoms with Crippen molar-refractivity contribution in [3.8, 4) is 26.3 Å². The van der Waals surface area contributed by atoms with Gasteiger partial charge in [0.05, 0.1) is 0 Å². The summed E-state index contributed by atoms with van der Waals surface area (Å²) in [7, 11) is 0. The zero-order valence-corrected chi connectivity index (χ0v) is 19.4. The molecule has 0 bridgehead atoms. The minimum atomic E-state index is -1.20. The number of nitriles is 1. The summed E-state index contributed by atoms with van der Waals surface area (Å²) in [4.78, 5) is 17.7. The fourth-order valence-corrected chi connectivity index (χ4v) is 6.02. The van der Waals surface area contributed by atoms with E-state index in [1.165, 1.54) is 39.1 Å². The first-order valence-corrected chi connectivity index (χ1v) is 11.9. The smallest absolute Gasteiger partial charge is 0.346 e. The highest BCUT2D eigenvalue weighted by Crippen LogP contribution is 2.44. The number of aliphatic carboxylic acids is 1. The van der Waals surface area contributed by atoms with Gasteiger partial charge in [-0.3, -0.25) is 0 Å². The molecule has 2 aromatic heterocycles. The summed E-state index contributed by atoms with van der Waals surface area (Å²) in [6.07, 6.45) is 2.58. The van der Waals surface area contributed by atoms with Crippen LogP contribution in [0.2, 0.25) is 0 Å². The summed E-state index contributed by atoms with van der Waals surface area (Å²) in [6.45, 7) is 8.99. The molecule has 0 saturated heterocycles. The molecule has 1 aromatic carbocycles. The second kappa shape index (κ2) is 8.33. The molecule has 3 aromatic rings. The van der Waals surface area contributed by atoms with Gasteiger partial charge in [0.25, 0.3) is 0 Å². The minimum Gasteiger partial charge on any atom is -0.477 e. The quantitative estimate of drug-likeness (QED) is 0.351. The van der Waals surface area contributed by atoms with Crippen LogP contribution in [0.15, 0.2) is 48.0 Å². The standard InChI is InChI=1S/C25H24N2O2S2/c1-4-27-12-11-25(2,3)19-14-16(5-7-20(19)27)21-9-10-23(31-21)22-8-6-18(30-22)13-17(15-26)24(28)29/h5-10,13-14H,4,11-12H2,1-3H3,(H,28,29)/b17-13+. The number of thiophene rings is 2. The third kappa shape index (κ3) is 4.16. The Morgan fingerprint density at radius 3 is 2.58 bits per heavy atom. The topological polar surface area (TPSA) is 64.3 Å². The van der Waals surface area contributed by atoms with Gasteiger partial charge in [0.15, 0.2) is 0 Å². The summed E-state index contributed by atoms with van der Waals surface area (Å²) in [5.74, 6) is -1.20. The Hall–Kier alpha value is -2.88. The van der Waals surface area contributed by atoms with Crippen molar-refractivity contribution in [2.24, 2.45) is 0 Å². The lowest BCUT2D eigenvalue weighted by Crippen LogP contribution is -2.37. The van der Waals surface area contributed by atoms with E-state index >= 15 is 0 Å². The summed E-state index contributed by atoms with van der Waals surface area (Å²) in [5, 5.41) is 18.0. The SMILES string of the molecule is CCN1CCC(C)(C)c2cc(-c3ccc(-c4ccc(/C=C(\C#N)C(=O)O)s4)s3)ccc21. The van der Waals surface area contributed by atoms with E-state index in [1.807, 2.05) is 12.1 Å². The maximum absolute atomic E-state index is 11.1. The van der Waals surface area contributed by atoms with E-state index in [9.17, 15) is 4.79 Å². The van der Waals surface area contributed by atoms with Gasteiger partial charge in [-0.05, 0) is 72.4 Å². The number of benzene rings is 1. The first-order valence-electron chi connectivity index (χ1n) is 10.3. The third-order valence-electron chi connectivity index (χ3n) is 5.85. The first kappa shape index (κ1) is 21.4.